The molecule has 0 atom stereocenters. The molecule has 0 saturated carbocycles. The van der Waals surface area contributed by atoms with Gasteiger partial charge in [0.2, 0.25) is 5.91 Å². The molecule has 1 aliphatic heterocycles. The summed E-state index contributed by atoms with van der Waals surface area (Å²) in [6.45, 7) is 0.679. The zero-order valence-electron chi connectivity index (χ0n) is 21.8. The minimum absolute atomic E-state index is 0.0234. The SMILES string of the molecule is O=C(Nc1ccc(SCC(=O)N2CCc3ccccc32)cc1)/C(=C/c1c(F)cccc1Cl)NC(=O)c1ccccc1. The molecule has 0 fully saturated rings. The molecule has 0 unspecified atom stereocenters. The van der Waals surface area contributed by atoms with E-state index < -0.39 is 17.6 Å². The number of carbonyl (C=O) groups is 3. The van der Waals surface area contributed by atoms with Crippen LogP contribution in [-0.2, 0) is 16.0 Å². The summed E-state index contributed by atoms with van der Waals surface area (Å²) in [6.07, 6.45) is 2.06. The van der Waals surface area contributed by atoms with E-state index in [2.05, 4.69) is 10.6 Å². The first-order valence-corrected chi connectivity index (χ1v) is 14.2. The highest BCUT2D eigenvalue weighted by molar-refractivity contribution is 8.00. The van der Waals surface area contributed by atoms with E-state index in [1.54, 1.807) is 54.6 Å². The Bertz CT molecular complexity index is 1610. The number of halogens is 2. The van der Waals surface area contributed by atoms with Crippen molar-refractivity contribution in [1.29, 1.82) is 0 Å². The van der Waals surface area contributed by atoms with Gasteiger partial charge in [0.15, 0.2) is 0 Å². The maximum Gasteiger partial charge on any atom is 0.272 e. The maximum atomic E-state index is 14.5. The molecule has 206 valence electrons. The summed E-state index contributed by atoms with van der Waals surface area (Å²) in [5, 5.41) is 5.40. The lowest BCUT2D eigenvalue weighted by Gasteiger charge is -2.17. The number of anilines is 2. The van der Waals surface area contributed by atoms with E-state index in [-0.39, 0.29) is 27.9 Å². The topological polar surface area (TPSA) is 78.5 Å². The average molecular weight is 586 g/mol. The molecule has 0 aromatic heterocycles. The van der Waals surface area contributed by atoms with Gasteiger partial charge in [0.05, 0.1) is 10.8 Å². The first-order chi connectivity index (χ1) is 19.9. The summed E-state index contributed by atoms with van der Waals surface area (Å²) < 4.78 is 14.5. The first-order valence-electron chi connectivity index (χ1n) is 12.8. The van der Waals surface area contributed by atoms with Crippen molar-refractivity contribution in [3.8, 4) is 0 Å². The fraction of sp³-hybridized carbons (Fsp3) is 0.0938. The van der Waals surface area contributed by atoms with Gasteiger partial charge in [-0.25, -0.2) is 4.39 Å². The van der Waals surface area contributed by atoms with Gasteiger partial charge >= 0.3 is 0 Å². The lowest BCUT2D eigenvalue weighted by molar-refractivity contribution is -0.116. The van der Waals surface area contributed by atoms with Gasteiger partial charge in [-0.05, 0) is 72.7 Å². The van der Waals surface area contributed by atoms with Crippen molar-refractivity contribution in [2.45, 2.75) is 11.3 Å². The van der Waals surface area contributed by atoms with Crippen LogP contribution in [0.3, 0.4) is 0 Å². The molecule has 0 spiro atoms. The lowest BCUT2D eigenvalue weighted by atomic mass is 10.1. The average Bonchev–Trinajstić information content (AvgIpc) is 3.43. The molecule has 0 bridgehead atoms. The molecule has 4 aromatic carbocycles. The second-order valence-corrected chi connectivity index (χ2v) is 10.7. The molecule has 0 aliphatic carbocycles. The van der Waals surface area contributed by atoms with E-state index >= 15 is 0 Å². The highest BCUT2D eigenvalue weighted by Crippen LogP contribution is 2.29. The molecule has 5 rings (SSSR count). The van der Waals surface area contributed by atoms with E-state index in [1.807, 2.05) is 29.2 Å². The number of nitrogens with zero attached hydrogens (tertiary/aromatic N) is 1. The number of rotatable bonds is 8. The van der Waals surface area contributed by atoms with Gasteiger partial charge in [0.1, 0.15) is 11.5 Å². The molecule has 1 aliphatic rings. The number of hydrogen-bond donors (Lipinski definition) is 2. The van der Waals surface area contributed by atoms with Crippen LogP contribution < -0.4 is 15.5 Å². The van der Waals surface area contributed by atoms with Gasteiger partial charge in [-0.15, -0.1) is 11.8 Å². The molecule has 9 heteroatoms. The number of para-hydroxylation sites is 1. The molecule has 6 nitrogen and oxygen atoms in total. The molecular weight excluding hydrogens is 561 g/mol. The Kier molecular flexibility index (Phi) is 8.82. The van der Waals surface area contributed by atoms with Crippen molar-refractivity contribution < 1.29 is 18.8 Å². The fourth-order valence-electron chi connectivity index (χ4n) is 4.39. The molecule has 0 saturated heterocycles. The fourth-order valence-corrected chi connectivity index (χ4v) is 5.38. The molecule has 1 heterocycles. The van der Waals surface area contributed by atoms with Crippen molar-refractivity contribution in [1.82, 2.24) is 5.32 Å². The molecular formula is C32H25ClFN3O3S. The van der Waals surface area contributed by atoms with Crippen LogP contribution in [0.2, 0.25) is 5.02 Å². The summed E-state index contributed by atoms with van der Waals surface area (Å²) in [7, 11) is 0. The smallest absolute Gasteiger partial charge is 0.272 e. The number of carbonyl (C=O) groups excluding carboxylic acids is 3. The standard InChI is InChI=1S/C32H25ClFN3O3S/c33-26-10-6-11-27(34)25(26)19-28(36-31(39)22-8-2-1-3-9-22)32(40)35-23-13-15-24(16-14-23)41-20-30(38)37-18-17-21-7-4-5-12-29(21)37/h1-16,19H,17-18,20H2,(H,35,40)(H,36,39)/b28-19-. The lowest BCUT2D eigenvalue weighted by Crippen LogP contribution is -2.30. The van der Waals surface area contributed by atoms with Gasteiger partial charge < -0.3 is 15.5 Å². The zero-order valence-corrected chi connectivity index (χ0v) is 23.3. The quantitative estimate of drug-likeness (QED) is 0.181. The number of benzene rings is 4. The van der Waals surface area contributed by atoms with Crippen LogP contribution in [-0.4, -0.2) is 30.0 Å². The van der Waals surface area contributed by atoms with Crippen molar-refractivity contribution in [2.75, 3.05) is 22.5 Å². The third-order valence-electron chi connectivity index (χ3n) is 6.48. The number of hydrogen-bond acceptors (Lipinski definition) is 4. The van der Waals surface area contributed by atoms with Gasteiger partial charge in [0.25, 0.3) is 11.8 Å². The third kappa shape index (κ3) is 6.85. The van der Waals surface area contributed by atoms with Crippen LogP contribution in [0.4, 0.5) is 15.8 Å². The van der Waals surface area contributed by atoms with Crippen LogP contribution in [0.15, 0.2) is 108 Å². The van der Waals surface area contributed by atoms with Crippen LogP contribution in [0.1, 0.15) is 21.5 Å². The Hall–Kier alpha value is -4.40. The minimum atomic E-state index is -0.656. The summed E-state index contributed by atoms with van der Waals surface area (Å²) in [6, 6.07) is 27.4. The molecule has 0 radical (unpaired) electrons. The van der Waals surface area contributed by atoms with Crippen molar-refractivity contribution >= 4 is 58.5 Å². The molecule has 2 N–H and O–H groups in total. The summed E-state index contributed by atoms with van der Waals surface area (Å²) in [5.41, 5.74) is 2.73. The Labute approximate surface area is 246 Å². The third-order valence-corrected chi connectivity index (χ3v) is 7.81. The summed E-state index contributed by atoms with van der Waals surface area (Å²) >= 11 is 7.58. The Morgan fingerprint density at radius 3 is 2.39 bits per heavy atom. The van der Waals surface area contributed by atoms with E-state index in [4.69, 9.17) is 11.6 Å². The second kappa shape index (κ2) is 12.8. The largest absolute Gasteiger partial charge is 0.321 e. The first kappa shape index (κ1) is 28.1. The Morgan fingerprint density at radius 2 is 1.63 bits per heavy atom. The molecule has 4 aromatic rings. The van der Waals surface area contributed by atoms with E-state index in [0.29, 0.717) is 17.8 Å². The van der Waals surface area contributed by atoms with E-state index in [1.165, 1.54) is 41.6 Å². The van der Waals surface area contributed by atoms with Crippen LogP contribution in [0, 0.1) is 5.82 Å². The highest BCUT2D eigenvalue weighted by atomic mass is 35.5. The van der Waals surface area contributed by atoms with E-state index in [0.717, 1.165) is 17.0 Å². The Morgan fingerprint density at radius 1 is 0.902 bits per heavy atom. The molecule has 41 heavy (non-hydrogen) atoms. The minimum Gasteiger partial charge on any atom is -0.321 e. The number of nitrogens with one attached hydrogen (secondary N) is 2. The van der Waals surface area contributed by atoms with Crippen molar-refractivity contribution in [2.24, 2.45) is 0 Å². The number of fused-ring (bicyclic) bond motifs is 1. The summed E-state index contributed by atoms with van der Waals surface area (Å²) in [5.74, 6) is -1.51. The summed E-state index contributed by atoms with van der Waals surface area (Å²) in [4.78, 5) is 41.6. The predicted molar refractivity (Wildman–Crippen MR) is 162 cm³/mol. The highest BCUT2D eigenvalue weighted by Gasteiger charge is 2.24. The van der Waals surface area contributed by atoms with Crippen LogP contribution in [0.5, 0.6) is 0 Å². The van der Waals surface area contributed by atoms with Crippen LogP contribution in [0.25, 0.3) is 6.08 Å². The number of thioether (sulfide) groups is 1. The van der Waals surface area contributed by atoms with E-state index in [9.17, 15) is 18.8 Å². The van der Waals surface area contributed by atoms with Gasteiger partial charge in [-0.1, -0.05) is 54.1 Å². The van der Waals surface area contributed by atoms with Gasteiger partial charge in [-0.2, -0.15) is 0 Å². The van der Waals surface area contributed by atoms with Gasteiger partial charge in [0, 0.05) is 33.9 Å². The van der Waals surface area contributed by atoms with Gasteiger partial charge in [-0.3, -0.25) is 14.4 Å². The van der Waals surface area contributed by atoms with Crippen LogP contribution >= 0.6 is 23.4 Å². The van der Waals surface area contributed by atoms with Crippen molar-refractivity contribution in [3.05, 3.63) is 130 Å². The monoisotopic (exact) mass is 585 g/mol. The zero-order chi connectivity index (χ0) is 28.8. The molecule has 3 amide bonds. The number of amides is 3. The maximum absolute atomic E-state index is 14.5. The second-order valence-electron chi connectivity index (χ2n) is 9.20. The Balaban J connectivity index is 1.26. The normalized spacial score (nSPS) is 12.5. The predicted octanol–water partition coefficient (Wildman–Crippen LogP) is 6.57. The van der Waals surface area contributed by atoms with Crippen molar-refractivity contribution in [3.63, 3.8) is 0 Å².